The summed E-state index contributed by atoms with van der Waals surface area (Å²) in [6, 6.07) is 11.1. The quantitative estimate of drug-likeness (QED) is 0.512. The first-order valence-corrected chi connectivity index (χ1v) is 9.94. The lowest BCUT2D eigenvalue weighted by Gasteiger charge is -2.14. The molecule has 0 saturated heterocycles. The van der Waals surface area contributed by atoms with Crippen LogP contribution in [-0.2, 0) is 0 Å². The lowest BCUT2D eigenvalue weighted by atomic mass is 10.2. The van der Waals surface area contributed by atoms with E-state index in [0.29, 0.717) is 23.0 Å². The first kappa shape index (κ1) is 18.5. The number of nitrogens with zero attached hydrogens (tertiary/aromatic N) is 3. The van der Waals surface area contributed by atoms with Crippen LogP contribution >= 0.6 is 22.9 Å². The molecule has 1 amide bonds. The third-order valence-corrected chi connectivity index (χ3v) is 5.28. The zero-order chi connectivity index (χ0) is 19.5. The van der Waals surface area contributed by atoms with Crippen LogP contribution in [0.25, 0.3) is 16.2 Å². The van der Waals surface area contributed by atoms with Crippen molar-refractivity contribution in [2.75, 3.05) is 6.54 Å². The summed E-state index contributed by atoms with van der Waals surface area (Å²) >= 11 is 7.67. The lowest BCUT2D eigenvalue weighted by Crippen LogP contribution is -2.34. The molecule has 1 N–H and O–H groups in total. The molecular weight excluding hydrogens is 396 g/mol. The second-order valence-electron chi connectivity index (χ2n) is 6.21. The number of benzene rings is 1. The minimum Gasteiger partial charge on any atom is -0.487 e. The predicted octanol–water partition coefficient (Wildman–Crippen LogP) is 4.31. The van der Waals surface area contributed by atoms with Crippen LogP contribution in [0.5, 0.6) is 5.75 Å². The van der Waals surface area contributed by atoms with Gasteiger partial charge in [0.15, 0.2) is 4.96 Å². The molecule has 0 saturated carbocycles. The van der Waals surface area contributed by atoms with Crippen molar-refractivity contribution >= 4 is 33.8 Å². The Morgan fingerprint density at radius 3 is 2.96 bits per heavy atom. The Labute approximate surface area is 170 Å². The standard InChI is InChI=1S/C20H17ClN4O2S/c1-13(27-14-5-4-8-22-10-14)9-23-19(26)18-12-28-20-24-17(11-25(18)20)15-6-2-3-7-16(15)21/h2-8,10-13H,9H2,1H3,(H,23,26)/t13-/m0/s1. The molecule has 142 valence electrons. The Morgan fingerprint density at radius 1 is 1.32 bits per heavy atom. The van der Waals surface area contributed by atoms with Crippen LogP contribution in [0, 0.1) is 0 Å². The van der Waals surface area contributed by atoms with Gasteiger partial charge in [-0.25, -0.2) is 4.98 Å². The van der Waals surface area contributed by atoms with Gasteiger partial charge in [-0.3, -0.25) is 14.2 Å². The second kappa shape index (κ2) is 8.00. The third kappa shape index (κ3) is 3.85. The van der Waals surface area contributed by atoms with E-state index in [1.807, 2.05) is 43.5 Å². The lowest BCUT2D eigenvalue weighted by molar-refractivity contribution is 0.0926. The molecular formula is C20H17ClN4O2S. The van der Waals surface area contributed by atoms with E-state index in [2.05, 4.69) is 15.3 Å². The van der Waals surface area contributed by atoms with E-state index < -0.39 is 0 Å². The number of imidazole rings is 1. The fourth-order valence-electron chi connectivity index (χ4n) is 2.76. The van der Waals surface area contributed by atoms with Gasteiger partial charge in [0.05, 0.1) is 23.5 Å². The molecule has 3 aromatic heterocycles. The van der Waals surface area contributed by atoms with Crippen molar-refractivity contribution in [2.45, 2.75) is 13.0 Å². The monoisotopic (exact) mass is 412 g/mol. The van der Waals surface area contributed by atoms with Crippen LogP contribution in [-0.4, -0.2) is 32.9 Å². The van der Waals surface area contributed by atoms with Crippen LogP contribution in [0.1, 0.15) is 17.4 Å². The molecule has 0 radical (unpaired) electrons. The van der Waals surface area contributed by atoms with E-state index >= 15 is 0 Å². The number of halogens is 1. The molecule has 1 aromatic carbocycles. The normalized spacial score (nSPS) is 12.1. The number of fused-ring (bicyclic) bond motifs is 1. The van der Waals surface area contributed by atoms with Crippen molar-refractivity contribution in [2.24, 2.45) is 0 Å². The number of nitrogens with one attached hydrogen (secondary N) is 1. The minimum absolute atomic E-state index is 0.184. The summed E-state index contributed by atoms with van der Waals surface area (Å²) in [6.45, 7) is 2.26. The van der Waals surface area contributed by atoms with E-state index in [1.165, 1.54) is 11.3 Å². The molecule has 4 aromatic rings. The Balaban J connectivity index is 1.46. The second-order valence-corrected chi connectivity index (χ2v) is 7.45. The topological polar surface area (TPSA) is 68.5 Å². The number of ether oxygens (including phenoxy) is 1. The number of aromatic nitrogens is 3. The molecule has 4 rings (SSSR count). The maximum absolute atomic E-state index is 12.6. The first-order chi connectivity index (χ1) is 13.6. The number of thiazole rings is 1. The van der Waals surface area contributed by atoms with Gasteiger partial charge in [0.25, 0.3) is 5.91 Å². The average molecular weight is 413 g/mol. The third-order valence-electron chi connectivity index (χ3n) is 4.11. The summed E-state index contributed by atoms with van der Waals surface area (Å²) in [5, 5.41) is 5.32. The molecule has 0 fully saturated rings. The Kier molecular flexibility index (Phi) is 5.27. The molecule has 6 nitrogen and oxygen atoms in total. The van der Waals surface area contributed by atoms with Gasteiger partial charge in [-0.2, -0.15) is 0 Å². The van der Waals surface area contributed by atoms with Gasteiger partial charge in [-0.05, 0) is 25.1 Å². The molecule has 0 aliphatic heterocycles. The highest BCUT2D eigenvalue weighted by Crippen LogP contribution is 2.29. The van der Waals surface area contributed by atoms with Gasteiger partial charge in [0, 0.05) is 23.3 Å². The zero-order valence-electron chi connectivity index (χ0n) is 15.0. The molecule has 0 aliphatic carbocycles. The van der Waals surface area contributed by atoms with E-state index in [9.17, 15) is 4.79 Å². The predicted molar refractivity (Wildman–Crippen MR) is 110 cm³/mol. The maximum Gasteiger partial charge on any atom is 0.269 e. The average Bonchev–Trinajstić information content (AvgIpc) is 3.28. The molecule has 3 heterocycles. The first-order valence-electron chi connectivity index (χ1n) is 8.68. The number of amides is 1. The van der Waals surface area contributed by atoms with Gasteiger partial charge >= 0.3 is 0 Å². The number of rotatable bonds is 6. The van der Waals surface area contributed by atoms with Crippen molar-refractivity contribution < 1.29 is 9.53 Å². The molecule has 0 bridgehead atoms. The van der Waals surface area contributed by atoms with Crippen molar-refractivity contribution in [3.05, 3.63) is 71.1 Å². The van der Waals surface area contributed by atoms with Crippen LogP contribution in [0.15, 0.2) is 60.4 Å². The maximum atomic E-state index is 12.6. The highest BCUT2D eigenvalue weighted by Gasteiger charge is 2.17. The van der Waals surface area contributed by atoms with Crippen molar-refractivity contribution in [3.8, 4) is 17.0 Å². The van der Waals surface area contributed by atoms with Gasteiger partial charge in [0.2, 0.25) is 0 Å². The van der Waals surface area contributed by atoms with Gasteiger partial charge < -0.3 is 10.1 Å². The van der Waals surface area contributed by atoms with Gasteiger partial charge in [-0.15, -0.1) is 11.3 Å². The van der Waals surface area contributed by atoms with Crippen molar-refractivity contribution in [1.82, 2.24) is 19.7 Å². The fourth-order valence-corrected chi connectivity index (χ4v) is 3.85. The van der Waals surface area contributed by atoms with Gasteiger partial charge in [-0.1, -0.05) is 29.8 Å². The molecule has 0 aliphatic rings. The summed E-state index contributed by atoms with van der Waals surface area (Å²) in [7, 11) is 0. The van der Waals surface area contributed by atoms with E-state index in [-0.39, 0.29) is 12.0 Å². The van der Waals surface area contributed by atoms with Crippen LogP contribution in [0.3, 0.4) is 0 Å². The molecule has 8 heteroatoms. The SMILES string of the molecule is C[C@@H](CNC(=O)c1csc2nc(-c3ccccc3Cl)cn12)Oc1cccnc1. The fraction of sp³-hybridized carbons (Fsp3) is 0.150. The number of carbonyl (C=O) groups is 1. The zero-order valence-corrected chi connectivity index (χ0v) is 16.6. The molecule has 0 unspecified atom stereocenters. The van der Waals surface area contributed by atoms with E-state index in [1.54, 1.807) is 28.2 Å². The molecule has 28 heavy (non-hydrogen) atoms. The number of pyridine rings is 1. The van der Waals surface area contributed by atoms with Crippen LogP contribution in [0.2, 0.25) is 5.02 Å². The summed E-state index contributed by atoms with van der Waals surface area (Å²) < 4.78 is 7.52. The number of hydrogen-bond donors (Lipinski definition) is 1. The number of carbonyl (C=O) groups excluding carboxylic acids is 1. The van der Waals surface area contributed by atoms with Crippen molar-refractivity contribution in [3.63, 3.8) is 0 Å². The Morgan fingerprint density at radius 2 is 2.18 bits per heavy atom. The summed E-state index contributed by atoms with van der Waals surface area (Å²) in [5.41, 5.74) is 2.10. The highest BCUT2D eigenvalue weighted by molar-refractivity contribution is 7.15. The highest BCUT2D eigenvalue weighted by atomic mass is 35.5. The summed E-state index contributed by atoms with van der Waals surface area (Å²) in [4.78, 5) is 22.0. The Bertz CT molecular complexity index is 1110. The van der Waals surface area contributed by atoms with Crippen molar-refractivity contribution in [1.29, 1.82) is 0 Å². The van der Waals surface area contributed by atoms with Crippen LogP contribution < -0.4 is 10.1 Å². The summed E-state index contributed by atoms with van der Waals surface area (Å²) in [6.07, 6.45) is 4.96. The van der Waals surface area contributed by atoms with E-state index in [0.717, 1.165) is 16.2 Å². The smallest absolute Gasteiger partial charge is 0.269 e. The minimum atomic E-state index is -0.191. The molecule has 1 atom stereocenters. The van der Waals surface area contributed by atoms with Gasteiger partial charge in [0.1, 0.15) is 17.5 Å². The molecule has 0 spiro atoms. The largest absolute Gasteiger partial charge is 0.487 e. The van der Waals surface area contributed by atoms with E-state index in [4.69, 9.17) is 16.3 Å². The van der Waals surface area contributed by atoms with Crippen LogP contribution in [0.4, 0.5) is 0 Å². The number of hydrogen-bond acceptors (Lipinski definition) is 5. The summed E-state index contributed by atoms with van der Waals surface area (Å²) in [5.74, 6) is 0.483. The Hall–Kier alpha value is -2.90.